The number of benzene rings is 1. The number of nitrogens with one attached hydrogen (secondary N) is 1. The minimum atomic E-state index is -2.93. The molecule has 0 aliphatic carbocycles. The van der Waals surface area contributed by atoms with Crippen molar-refractivity contribution in [3.8, 4) is 5.75 Å². The van der Waals surface area contributed by atoms with Crippen molar-refractivity contribution < 1.29 is 32.6 Å². The smallest absolute Gasteiger partial charge is 0.387 e. The molecule has 0 radical (unpaired) electrons. The molecule has 0 bridgehead atoms. The average molecular weight is 338 g/mol. The van der Waals surface area contributed by atoms with Crippen molar-refractivity contribution in [2.75, 3.05) is 11.9 Å². The van der Waals surface area contributed by atoms with Crippen LogP contribution in [0.25, 0.3) is 0 Å². The Labute approximate surface area is 135 Å². The molecule has 1 amide bonds. The molecule has 0 unspecified atom stereocenters. The van der Waals surface area contributed by atoms with Gasteiger partial charge >= 0.3 is 12.6 Å². The summed E-state index contributed by atoms with van der Waals surface area (Å²) in [4.78, 5) is 23.3. The number of aromatic nitrogens is 1. The molecule has 7 nitrogen and oxygen atoms in total. The van der Waals surface area contributed by atoms with Crippen molar-refractivity contribution in [3.05, 3.63) is 59.6 Å². The molecule has 0 atom stereocenters. The van der Waals surface area contributed by atoms with Gasteiger partial charge in [-0.15, -0.1) is 0 Å². The van der Waals surface area contributed by atoms with E-state index in [1.54, 1.807) is 0 Å². The van der Waals surface area contributed by atoms with Crippen LogP contribution in [0.4, 0.5) is 14.5 Å². The Kier molecular flexibility index (Phi) is 5.61. The maximum Gasteiger partial charge on any atom is 0.387 e. The Morgan fingerprint density at radius 3 is 2.33 bits per heavy atom. The third kappa shape index (κ3) is 5.20. The molecule has 1 N–H and O–H groups in total. The number of hydrogen-bond donors (Lipinski definition) is 1. The number of pyridine rings is 1. The Balaban J connectivity index is 1.82. The molecular formula is C15H12F2N2O5. The van der Waals surface area contributed by atoms with E-state index in [-0.39, 0.29) is 11.3 Å². The van der Waals surface area contributed by atoms with Crippen molar-refractivity contribution in [1.29, 1.82) is 0 Å². The van der Waals surface area contributed by atoms with Crippen LogP contribution in [0.3, 0.4) is 0 Å². The molecule has 1 aromatic heterocycles. The fourth-order valence-corrected chi connectivity index (χ4v) is 1.68. The van der Waals surface area contributed by atoms with Crippen molar-refractivity contribution in [2.45, 2.75) is 6.61 Å². The van der Waals surface area contributed by atoms with Crippen LogP contribution in [-0.2, 0) is 9.53 Å². The van der Waals surface area contributed by atoms with Gasteiger partial charge in [-0.05, 0) is 24.3 Å². The fraction of sp³-hybridized carbons (Fsp3) is 0.133. The zero-order valence-corrected chi connectivity index (χ0v) is 12.1. The maximum absolute atomic E-state index is 12.0. The van der Waals surface area contributed by atoms with E-state index >= 15 is 0 Å². The van der Waals surface area contributed by atoms with Crippen LogP contribution in [0, 0.1) is 5.21 Å². The van der Waals surface area contributed by atoms with Crippen molar-refractivity contribution >= 4 is 17.6 Å². The molecule has 1 heterocycles. The SMILES string of the molecule is O=C(COC(=O)c1cc[n+]([O-])cc1)Nc1ccc(OC(F)F)cc1. The predicted molar refractivity (Wildman–Crippen MR) is 77.4 cm³/mol. The summed E-state index contributed by atoms with van der Waals surface area (Å²) in [5, 5.41) is 13.3. The third-order valence-corrected chi connectivity index (χ3v) is 2.74. The summed E-state index contributed by atoms with van der Waals surface area (Å²) in [6.45, 7) is -3.47. The number of halogens is 2. The number of amides is 1. The van der Waals surface area contributed by atoms with E-state index in [4.69, 9.17) is 4.74 Å². The van der Waals surface area contributed by atoms with Crippen LogP contribution in [0.1, 0.15) is 10.4 Å². The highest BCUT2D eigenvalue weighted by Crippen LogP contribution is 2.17. The van der Waals surface area contributed by atoms with Crippen LogP contribution < -0.4 is 14.8 Å². The number of carbonyl (C=O) groups is 2. The van der Waals surface area contributed by atoms with E-state index in [0.29, 0.717) is 10.4 Å². The van der Waals surface area contributed by atoms with E-state index in [1.807, 2.05) is 0 Å². The molecule has 24 heavy (non-hydrogen) atoms. The molecule has 2 rings (SSSR count). The first-order valence-electron chi connectivity index (χ1n) is 6.65. The molecule has 9 heteroatoms. The largest absolute Gasteiger partial charge is 0.619 e. The lowest BCUT2D eigenvalue weighted by Gasteiger charge is -2.08. The van der Waals surface area contributed by atoms with Gasteiger partial charge in [0, 0.05) is 17.8 Å². The van der Waals surface area contributed by atoms with Gasteiger partial charge in [0.1, 0.15) is 5.75 Å². The normalized spacial score (nSPS) is 10.3. The minimum Gasteiger partial charge on any atom is -0.619 e. The number of rotatable bonds is 6. The first-order chi connectivity index (χ1) is 11.4. The quantitative estimate of drug-likeness (QED) is 0.492. The number of alkyl halides is 2. The zero-order chi connectivity index (χ0) is 17.5. The van der Waals surface area contributed by atoms with E-state index in [1.165, 1.54) is 36.4 Å². The van der Waals surface area contributed by atoms with Gasteiger partial charge in [-0.3, -0.25) is 4.79 Å². The molecule has 0 saturated heterocycles. The summed E-state index contributed by atoms with van der Waals surface area (Å²) in [6, 6.07) is 7.76. The third-order valence-electron chi connectivity index (χ3n) is 2.74. The standard InChI is InChI=1S/C15H12F2N2O5/c16-15(17)24-12-3-1-11(2-4-12)18-13(20)9-23-14(21)10-5-7-19(22)8-6-10/h1-8,15H,9H2,(H,18,20). The van der Waals surface area contributed by atoms with Crippen molar-refractivity contribution in [3.63, 3.8) is 0 Å². The number of anilines is 1. The van der Waals surface area contributed by atoms with Gasteiger partial charge in [-0.2, -0.15) is 13.5 Å². The summed E-state index contributed by atoms with van der Waals surface area (Å²) in [7, 11) is 0. The van der Waals surface area contributed by atoms with Gasteiger partial charge in [0.2, 0.25) is 0 Å². The summed E-state index contributed by atoms with van der Waals surface area (Å²) in [6.07, 6.45) is 2.25. The highest BCUT2D eigenvalue weighted by Gasteiger charge is 2.11. The first-order valence-corrected chi connectivity index (χ1v) is 6.65. The van der Waals surface area contributed by atoms with Gasteiger partial charge < -0.3 is 20.0 Å². The summed E-state index contributed by atoms with van der Waals surface area (Å²) in [5.74, 6) is -1.42. The number of ether oxygens (including phenoxy) is 2. The monoisotopic (exact) mass is 338 g/mol. The minimum absolute atomic E-state index is 0.0471. The zero-order valence-electron chi connectivity index (χ0n) is 12.1. The van der Waals surface area contributed by atoms with E-state index in [2.05, 4.69) is 10.1 Å². The van der Waals surface area contributed by atoms with Crippen LogP contribution in [0.5, 0.6) is 5.75 Å². The highest BCUT2D eigenvalue weighted by atomic mass is 19.3. The van der Waals surface area contributed by atoms with Crippen LogP contribution >= 0.6 is 0 Å². The summed E-state index contributed by atoms with van der Waals surface area (Å²) < 4.78 is 33.5. The van der Waals surface area contributed by atoms with Crippen LogP contribution in [-0.4, -0.2) is 25.1 Å². The number of nitrogens with zero attached hydrogens (tertiary/aromatic N) is 1. The molecule has 0 aliphatic rings. The topological polar surface area (TPSA) is 91.6 Å². The first kappa shape index (κ1) is 17.1. The maximum atomic E-state index is 12.0. The van der Waals surface area contributed by atoms with Crippen LogP contribution in [0.15, 0.2) is 48.8 Å². The molecule has 0 spiro atoms. The average Bonchev–Trinajstić information content (AvgIpc) is 2.54. The van der Waals surface area contributed by atoms with Gasteiger partial charge in [-0.1, -0.05) is 0 Å². The molecule has 126 valence electrons. The lowest BCUT2D eigenvalue weighted by molar-refractivity contribution is -0.605. The number of esters is 1. The Morgan fingerprint density at radius 2 is 1.75 bits per heavy atom. The fourth-order valence-electron chi connectivity index (χ4n) is 1.68. The molecular weight excluding hydrogens is 326 g/mol. The number of hydrogen-bond acceptors (Lipinski definition) is 5. The Bertz CT molecular complexity index is 705. The molecule has 0 saturated carbocycles. The summed E-state index contributed by atoms with van der Waals surface area (Å²) in [5.41, 5.74) is 0.452. The molecule has 0 fully saturated rings. The van der Waals surface area contributed by atoms with Crippen molar-refractivity contribution in [1.82, 2.24) is 0 Å². The van der Waals surface area contributed by atoms with E-state index in [0.717, 1.165) is 12.4 Å². The second kappa shape index (κ2) is 7.86. The predicted octanol–water partition coefficient (Wildman–Crippen LogP) is 1.72. The van der Waals surface area contributed by atoms with Gasteiger partial charge in [0.15, 0.2) is 19.0 Å². The lowest BCUT2D eigenvalue weighted by atomic mass is 10.3. The second-order valence-corrected chi connectivity index (χ2v) is 4.47. The molecule has 2 aromatic rings. The summed E-state index contributed by atoms with van der Waals surface area (Å²) >= 11 is 0. The van der Waals surface area contributed by atoms with E-state index < -0.39 is 25.1 Å². The lowest BCUT2D eigenvalue weighted by Crippen LogP contribution is -2.25. The van der Waals surface area contributed by atoms with Gasteiger partial charge in [-0.25, -0.2) is 4.79 Å². The molecule has 1 aromatic carbocycles. The van der Waals surface area contributed by atoms with Gasteiger partial charge in [0.05, 0.1) is 5.56 Å². The number of carbonyl (C=O) groups excluding carboxylic acids is 2. The molecule has 0 aliphatic heterocycles. The van der Waals surface area contributed by atoms with Crippen LogP contribution in [0.2, 0.25) is 0 Å². The van der Waals surface area contributed by atoms with Gasteiger partial charge in [0.25, 0.3) is 5.91 Å². The van der Waals surface area contributed by atoms with Crippen molar-refractivity contribution in [2.24, 2.45) is 0 Å². The highest BCUT2D eigenvalue weighted by molar-refractivity contribution is 5.95. The van der Waals surface area contributed by atoms with E-state index in [9.17, 15) is 23.6 Å². The second-order valence-electron chi connectivity index (χ2n) is 4.47. The Morgan fingerprint density at radius 1 is 1.12 bits per heavy atom. The Hall–Kier alpha value is -3.23.